The van der Waals surface area contributed by atoms with Gasteiger partial charge in [-0.2, -0.15) is 11.8 Å². The highest BCUT2D eigenvalue weighted by atomic mass is 32.2. The third-order valence-corrected chi connectivity index (χ3v) is 4.75. The fraction of sp³-hybridized carbons (Fsp3) is 0.500. The molecule has 1 saturated heterocycles. The van der Waals surface area contributed by atoms with Crippen molar-refractivity contribution in [2.45, 2.75) is 26.3 Å². The van der Waals surface area contributed by atoms with Gasteiger partial charge in [-0.3, -0.25) is 4.79 Å². The van der Waals surface area contributed by atoms with Gasteiger partial charge in [-0.15, -0.1) is 0 Å². The molecule has 0 aromatic heterocycles. The molecule has 0 spiro atoms. The lowest BCUT2D eigenvalue weighted by molar-refractivity contribution is 0.100. The molecule has 4 heteroatoms. The van der Waals surface area contributed by atoms with E-state index in [0.717, 1.165) is 17.9 Å². The molecule has 1 unspecified atom stereocenters. The number of nitrogens with two attached hydrogens (primary N) is 1. The maximum absolute atomic E-state index is 11.1. The summed E-state index contributed by atoms with van der Waals surface area (Å²) in [7, 11) is 0. The fourth-order valence-corrected chi connectivity index (χ4v) is 3.63. The van der Waals surface area contributed by atoms with Gasteiger partial charge in [0.15, 0.2) is 0 Å². The molecular formula is C14H20N2OS. The molecule has 1 aromatic carbocycles. The Balaban J connectivity index is 2.05. The normalized spacial score (nSPS) is 22.4. The zero-order valence-corrected chi connectivity index (χ0v) is 11.7. The quantitative estimate of drug-likeness (QED) is 0.882. The second-order valence-corrected chi connectivity index (χ2v) is 6.70. The Morgan fingerprint density at radius 2 is 2.28 bits per heavy atom. The van der Waals surface area contributed by atoms with Gasteiger partial charge in [0.05, 0.1) is 0 Å². The van der Waals surface area contributed by atoms with Gasteiger partial charge in [-0.25, -0.2) is 0 Å². The van der Waals surface area contributed by atoms with Gasteiger partial charge < -0.3 is 11.1 Å². The van der Waals surface area contributed by atoms with Crippen LogP contribution in [0.1, 0.15) is 30.6 Å². The summed E-state index contributed by atoms with van der Waals surface area (Å²) >= 11 is 1.99. The minimum absolute atomic E-state index is 0.377. The lowest BCUT2D eigenvalue weighted by Crippen LogP contribution is -2.35. The molecule has 1 atom stereocenters. The summed E-state index contributed by atoms with van der Waals surface area (Å²) in [5, 5.41) is 3.50. The maximum Gasteiger partial charge on any atom is 0.248 e. The molecule has 0 aliphatic carbocycles. The number of amides is 1. The van der Waals surface area contributed by atoms with Gasteiger partial charge in [-0.05, 0) is 35.8 Å². The highest BCUT2D eigenvalue weighted by Gasteiger charge is 2.28. The molecule has 1 amide bonds. The summed E-state index contributed by atoms with van der Waals surface area (Å²) in [6, 6.07) is 7.88. The Bertz CT molecular complexity index is 445. The number of nitrogens with one attached hydrogen (secondary N) is 1. The van der Waals surface area contributed by atoms with Crippen LogP contribution in [0.5, 0.6) is 0 Å². The molecule has 18 heavy (non-hydrogen) atoms. The lowest BCUT2D eigenvalue weighted by atomic mass is 9.88. The molecule has 3 N–H and O–H groups in total. The number of thioether (sulfide) groups is 1. The predicted molar refractivity (Wildman–Crippen MR) is 78.1 cm³/mol. The van der Waals surface area contributed by atoms with E-state index < -0.39 is 0 Å². The molecule has 1 aliphatic rings. The van der Waals surface area contributed by atoms with E-state index in [-0.39, 0.29) is 5.91 Å². The van der Waals surface area contributed by atoms with Gasteiger partial charge in [0, 0.05) is 23.0 Å². The van der Waals surface area contributed by atoms with Gasteiger partial charge >= 0.3 is 0 Å². The number of carbonyl (C=O) groups excluding carboxylic acids is 1. The first-order chi connectivity index (χ1) is 8.46. The third-order valence-electron chi connectivity index (χ3n) is 3.13. The van der Waals surface area contributed by atoms with Crippen molar-refractivity contribution >= 4 is 23.4 Å². The fourth-order valence-electron chi connectivity index (χ4n) is 2.35. The summed E-state index contributed by atoms with van der Waals surface area (Å²) < 4.78 is 0. The molecule has 0 radical (unpaired) electrons. The van der Waals surface area contributed by atoms with Gasteiger partial charge in [0.1, 0.15) is 0 Å². The third kappa shape index (κ3) is 3.42. The van der Waals surface area contributed by atoms with Crippen LogP contribution in [0.3, 0.4) is 0 Å². The average molecular weight is 264 g/mol. The van der Waals surface area contributed by atoms with Gasteiger partial charge in [0.25, 0.3) is 0 Å². The maximum atomic E-state index is 11.1. The molecule has 1 fully saturated rings. The highest BCUT2D eigenvalue weighted by molar-refractivity contribution is 7.99. The first-order valence-corrected chi connectivity index (χ1v) is 7.36. The Morgan fingerprint density at radius 3 is 2.94 bits per heavy atom. The van der Waals surface area contributed by atoms with Crippen LogP contribution >= 0.6 is 11.8 Å². The number of rotatable bonds is 3. The van der Waals surface area contributed by atoms with Gasteiger partial charge in [-0.1, -0.05) is 19.9 Å². The second-order valence-electron chi connectivity index (χ2n) is 5.67. The highest BCUT2D eigenvalue weighted by Crippen LogP contribution is 2.34. The van der Waals surface area contributed by atoms with Crippen LogP contribution < -0.4 is 11.1 Å². The molecule has 1 aliphatic heterocycles. The summed E-state index contributed by atoms with van der Waals surface area (Å²) in [4.78, 5) is 11.1. The van der Waals surface area contributed by atoms with Crippen LogP contribution in [0.15, 0.2) is 24.3 Å². The molecule has 0 saturated carbocycles. The Hall–Kier alpha value is -1.16. The lowest BCUT2D eigenvalue weighted by Gasteiger charge is -2.35. The Kier molecular flexibility index (Phi) is 3.85. The van der Waals surface area contributed by atoms with Crippen LogP contribution in [0, 0.1) is 5.41 Å². The van der Waals surface area contributed by atoms with Crippen LogP contribution in [-0.2, 0) is 0 Å². The van der Waals surface area contributed by atoms with Crippen molar-refractivity contribution in [3.63, 3.8) is 0 Å². The largest absolute Gasteiger partial charge is 0.381 e. The molecule has 2 rings (SSSR count). The number of carbonyl (C=O) groups is 1. The zero-order chi connectivity index (χ0) is 13.2. The van der Waals surface area contributed by atoms with Crippen molar-refractivity contribution in [2.75, 3.05) is 16.8 Å². The SMILES string of the molecule is CC1(C)CSCC(Nc2cccc(C(N)=O)c2)C1. The summed E-state index contributed by atoms with van der Waals surface area (Å²) in [5.41, 5.74) is 7.20. The van der Waals surface area contributed by atoms with E-state index in [1.165, 1.54) is 5.75 Å². The smallest absolute Gasteiger partial charge is 0.248 e. The van der Waals surface area contributed by atoms with Crippen molar-refractivity contribution in [1.82, 2.24) is 0 Å². The van der Waals surface area contributed by atoms with Crippen molar-refractivity contribution in [3.05, 3.63) is 29.8 Å². The minimum atomic E-state index is -0.378. The number of primary amides is 1. The Morgan fingerprint density at radius 1 is 1.50 bits per heavy atom. The van der Waals surface area contributed by atoms with Crippen molar-refractivity contribution in [1.29, 1.82) is 0 Å². The number of hydrogen-bond donors (Lipinski definition) is 2. The van der Waals surface area contributed by atoms with E-state index in [4.69, 9.17) is 5.73 Å². The predicted octanol–water partition coefficient (Wildman–Crippen LogP) is 2.73. The molecule has 0 bridgehead atoms. The molecule has 3 nitrogen and oxygen atoms in total. The van der Waals surface area contributed by atoms with Crippen LogP contribution in [0.25, 0.3) is 0 Å². The van der Waals surface area contributed by atoms with Crippen molar-refractivity contribution < 1.29 is 4.79 Å². The van der Waals surface area contributed by atoms with E-state index >= 15 is 0 Å². The topological polar surface area (TPSA) is 55.1 Å². The molecule has 1 aromatic rings. The van der Waals surface area contributed by atoms with Crippen molar-refractivity contribution in [2.24, 2.45) is 11.1 Å². The number of benzene rings is 1. The van der Waals surface area contributed by atoms with E-state index in [1.54, 1.807) is 6.07 Å². The van der Waals surface area contributed by atoms with Crippen LogP contribution in [0.2, 0.25) is 0 Å². The van der Waals surface area contributed by atoms with Crippen LogP contribution in [-0.4, -0.2) is 23.5 Å². The minimum Gasteiger partial charge on any atom is -0.381 e. The Labute approximate surface area is 113 Å². The van der Waals surface area contributed by atoms with E-state index in [9.17, 15) is 4.79 Å². The zero-order valence-electron chi connectivity index (χ0n) is 10.9. The van der Waals surface area contributed by atoms with E-state index in [1.807, 2.05) is 30.0 Å². The van der Waals surface area contributed by atoms with E-state index in [0.29, 0.717) is 17.0 Å². The first kappa shape index (κ1) is 13.3. The standard InChI is InChI=1S/C14H20N2OS/c1-14(2)7-12(8-18-9-14)16-11-5-3-4-10(6-11)13(15)17/h3-6,12,16H,7-9H2,1-2H3,(H2,15,17). The van der Waals surface area contributed by atoms with Crippen LogP contribution in [0.4, 0.5) is 5.69 Å². The molecule has 98 valence electrons. The average Bonchev–Trinajstić information content (AvgIpc) is 2.28. The second kappa shape index (κ2) is 5.22. The van der Waals surface area contributed by atoms with Crippen molar-refractivity contribution in [3.8, 4) is 0 Å². The molecule has 1 heterocycles. The number of hydrogen-bond acceptors (Lipinski definition) is 3. The van der Waals surface area contributed by atoms with Gasteiger partial charge in [0.2, 0.25) is 5.91 Å². The molecular weight excluding hydrogens is 244 g/mol. The summed E-state index contributed by atoms with van der Waals surface area (Å²) in [5.74, 6) is 1.95. The first-order valence-electron chi connectivity index (χ1n) is 6.20. The summed E-state index contributed by atoms with van der Waals surface area (Å²) in [6.07, 6.45) is 1.15. The number of anilines is 1. The monoisotopic (exact) mass is 264 g/mol. The van der Waals surface area contributed by atoms with E-state index in [2.05, 4.69) is 19.2 Å². The summed E-state index contributed by atoms with van der Waals surface area (Å²) in [6.45, 7) is 4.60.